The lowest BCUT2D eigenvalue weighted by atomic mass is 9.59. The average Bonchev–Trinajstić information content (AvgIpc) is 3.17. The first-order chi connectivity index (χ1) is 18.3. The number of hydrogen-bond donors (Lipinski definition) is 2. The lowest BCUT2D eigenvalue weighted by Crippen LogP contribution is -2.68. The molecule has 206 valence electrons. The number of hydrogen-bond acceptors (Lipinski definition) is 6. The molecule has 39 heavy (non-hydrogen) atoms. The summed E-state index contributed by atoms with van der Waals surface area (Å²) in [7, 11) is 0. The predicted molar refractivity (Wildman–Crippen MR) is 145 cm³/mol. The van der Waals surface area contributed by atoms with Crippen LogP contribution in [0.15, 0.2) is 53.8 Å². The van der Waals surface area contributed by atoms with E-state index in [2.05, 4.69) is 25.8 Å². The summed E-state index contributed by atoms with van der Waals surface area (Å²) in [6.45, 7) is 12.3. The lowest BCUT2D eigenvalue weighted by molar-refractivity contribution is -0.302. The minimum absolute atomic E-state index is 0.00301. The van der Waals surface area contributed by atoms with Gasteiger partial charge in [-0.15, -0.1) is 0 Å². The molecule has 0 amide bonds. The molecule has 2 bridgehead atoms. The summed E-state index contributed by atoms with van der Waals surface area (Å²) in [6, 6.07) is 7.35. The molecule has 5 aliphatic rings. The highest BCUT2D eigenvalue weighted by atomic mass is 16.7. The maximum absolute atomic E-state index is 14.8. The van der Waals surface area contributed by atoms with Gasteiger partial charge in [0, 0.05) is 17.5 Å². The van der Waals surface area contributed by atoms with Crippen LogP contribution in [0.25, 0.3) is 10.9 Å². The maximum atomic E-state index is 14.8. The molecule has 1 saturated heterocycles. The van der Waals surface area contributed by atoms with Crippen LogP contribution in [0.1, 0.15) is 58.3 Å². The molecule has 1 aromatic carbocycles. The summed E-state index contributed by atoms with van der Waals surface area (Å²) < 4.78 is 18.8. The Labute approximate surface area is 228 Å². The standard InChI is InChI=1S/C32H37NO6/c1-16-14-31-17(2)12-22-23(29(22,3)4)21(25(31)34)13-19-15-37-30(5,6)39-27(19)32(31,36)26(16)38-28(35)20-9-7-8-18-10-11-33-24(18)20/h7-11,13-14,17,21-23,26-27,33,36H,12,15H2,1-6H3/t17?,21-,22+,23-,26-,27+,31?,32+/m0/s1. The average molecular weight is 532 g/mol. The van der Waals surface area contributed by atoms with Crippen molar-refractivity contribution in [2.24, 2.45) is 34.5 Å². The molecule has 7 nitrogen and oxygen atoms in total. The van der Waals surface area contributed by atoms with Gasteiger partial charge < -0.3 is 24.3 Å². The van der Waals surface area contributed by atoms with Crippen LogP contribution in [0.3, 0.4) is 0 Å². The molecule has 2 heterocycles. The number of aliphatic hydroxyl groups is 1. The number of carbonyl (C=O) groups is 2. The first kappa shape index (κ1) is 25.2. The first-order valence-corrected chi connectivity index (χ1v) is 14.1. The van der Waals surface area contributed by atoms with Crippen molar-refractivity contribution in [3.05, 3.63) is 59.3 Å². The molecule has 0 radical (unpaired) electrons. The minimum Gasteiger partial charge on any atom is -0.451 e. The van der Waals surface area contributed by atoms with Crippen LogP contribution < -0.4 is 0 Å². The molecular formula is C32H37NO6. The van der Waals surface area contributed by atoms with Gasteiger partial charge in [0.15, 0.2) is 23.3 Å². The maximum Gasteiger partial charge on any atom is 0.340 e. The molecule has 8 atom stereocenters. The summed E-state index contributed by atoms with van der Waals surface area (Å²) in [5, 5.41) is 14.0. The molecule has 7 rings (SSSR count). The van der Waals surface area contributed by atoms with E-state index >= 15 is 0 Å². The largest absolute Gasteiger partial charge is 0.451 e. The highest BCUT2D eigenvalue weighted by molar-refractivity contribution is 6.03. The van der Waals surface area contributed by atoms with Gasteiger partial charge >= 0.3 is 5.97 Å². The number of aromatic amines is 1. The quantitative estimate of drug-likeness (QED) is 0.420. The molecule has 2 aromatic rings. The van der Waals surface area contributed by atoms with Gasteiger partial charge in [-0.2, -0.15) is 0 Å². The monoisotopic (exact) mass is 531 g/mol. The molecule has 3 fully saturated rings. The molecular weight excluding hydrogens is 494 g/mol. The Bertz CT molecular complexity index is 1480. The Kier molecular flexibility index (Phi) is 4.99. The van der Waals surface area contributed by atoms with Gasteiger partial charge in [-0.3, -0.25) is 4.79 Å². The van der Waals surface area contributed by atoms with E-state index in [0.717, 1.165) is 17.4 Å². The zero-order valence-electron chi connectivity index (χ0n) is 23.4. The van der Waals surface area contributed by atoms with Crippen molar-refractivity contribution in [2.75, 3.05) is 6.61 Å². The van der Waals surface area contributed by atoms with E-state index in [9.17, 15) is 14.7 Å². The van der Waals surface area contributed by atoms with Crippen LogP contribution in [-0.2, 0) is 19.0 Å². The van der Waals surface area contributed by atoms with Crippen molar-refractivity contribution in [2.45, 2.75) is 71.6 Å². The van der Waals surface area contributed by atoms with Crippen molar-refractivity contribution in [3.63, 3.8) is 0 Å². The van der Waals surface area contributed by atoms with Gasteiger partial charge in [0.2, 0.25) is 0 Å². The SMILES string of the molecule is CC1=CC23C(=O)[C@@H](C=C4COC(C)(C)O[C@H]4[C@]2(O)[C@H]1OC(=O)c1cccc2cc[nH]c12)[C@H]1[C@@H](CC3C)C1(C)C. The van der Waals surface area contributed by atoms with Crippen molar-refractivity contribution in [1.82, 2.24) is 4.98 Å². The second kappa shape index (κ2) is 7.71. The number of benzene rings is 1. The van der Waals surface area contributed by atoms with Crippen LogP contribution >= 0.6 is 0 Å². The van der Waals surface area contributed by atoms with Gasteiger partial charge in [0.1, 0.15) is 6.10 Å². The molecule has 2 N–H and O–H groups in total. The fraction of sp³-hybridized carbons (Fsp3) is 0.562. The summed E-state index contributed by atoms with van der Waals surface area (Å²) in [5.41, 5.74) is -0.557. The number of rotatable bonds is 2. The summed E-state index contributed by atoms with van der Waals surface area (Å²) in [6.07, 6.45) is 4.59. The number of ketones is 1. The van der Waals surface area contributed by atoms with E-state index in [1.807, 2.05) is 51.1 Å². The number of carbonyl (C=O) groups excluding carboxylic acids is 2. The minimum atomic E-state index is -1.82. The van der Waals surface area contributed by atoms with Gasteiger partial charge in [-0.1, -0.05) is 45.1 Å². The van der Waals surface area contributed by atoms with E-state index in [1.54, 1.807) is 12.3 Å². The number of H-pyrrole nitrogens is 1. The van der Waals surface area contributed by atoms with Crippen molar-refractivity contribution >= 4 is 22.7 Å². The Morgan fingerprint density at radius 2 is 1.95 bits per heavy atom. The Hall–Kier alpha value is -2.74. The summed E-state index contributed by atoms with van der Waals surface area (Å²) in [4.78, 5) is 31.7. The first-order valence-electron chi connectivity index (χ1n) is 14.1. The molecule has 4 aliphatic carbocycles. The Morgan fingerprint density at radius 1 is 1.18 bits per heavy atom. The second-order valence-electron chi connectivity index (χ2n) is 13.5. The molecule has 7 heteroatoms. The van der Waals surface area contributed by atoms with Crippen LogP contribution in [0.2, 0.25) is 0 Å². The van der Waals surface area contributed by atoms with E-state index in [1.165, 1.54) is 0 Å². The van der Waals surface area contributed by atoms with Gasteiger partial charge in [-0.05, 0) is 73.6 Å². The highest BCUT2D eigenvalue weighted by Crippen LogP contribution is 2.72. The third kappa shape index (κ3) is 3.10. The number of Topliss-reactive ketones (excluding diaryl/α,β-unsaturated/α-hetero) is 1. The number of nitrogens with one attached hydrogen (secondary N) is 1. The van der Waals surface area contributed by atoms with Crippen molar-refractivity contribution < 1.29 is 28.9 Å². The van der Waals surface area contributed by atoms with E-state index < -0.39 is 35.0 Å². The topological polar surface area (TPSA) is 97.8 Å². The van der Waals surface area contributed by atoms with Crippen molar-refractivity contribution in [3.8, 4) is 0 Å². The number of ether oxygens (including phenoxy) is 3. The summed E-state index contributed by atoms with van der Waals surface area (Å²) >= 11 is 0. The third-order valence-electron chi connectivity index (χ3n) is 10.7. The molecule has 2 unspecified atom stereocenters. The highest BCUT2D eigenvalue weighted by Gasteiger charge is 2.77. The van der Waals surface area contributed by atoms with Gasteiger partial charge in [-0.25, -0.2) is 4.79 Å². The predicted octanol–water partition coefficient (Wildman–Crippen LogP) is 4.96. The molecule has 1 aromatic heterocycles. The summed E-state index contributed by atoms with van der Waals surface area (Å²) in [5.74, 6) is -1.51. The van der Waals surface area contributed by atoms with E-state index in [4.69, 9.17) is 14.2 Å². The second-order valence-corrected chi connectivity index (χ2v) is 13.5. The fourth-order valence-electron chi connectivity index (χ4n) is 8.73. The smallest absolute Gasteiger partial charge is 0.340 e. The zero-order valence-corrected chi connectivity index (χ0v) is 23.4. The number of allylic oxidation sites excluding steroid dienone is 1. The normalized spacial score (nSPS) is 41.4. The number of aromatic nitrogens is 1. The van der Waals surface area contributed by atoms with Crippen LogP contribution in [0.5, 0.6) is 0 Å². The third-order valence-corrected chi connectivity index (χ3v) is 10.7. The Morgan fingerprint density at radius 3 is 2.72 bits per heavy atom. The molecule has 1 aliphatic heterocycles. The number of fused-ring (bicyclic) bond motifs is 6. The zero-order chi connectivity index (χ0) is 27.7. The van der Waals surface area contributed by atoms with Crippen molar-refractivity contribution in [1.29, 1.82) is 0 Å². The van der Waals surface area contributed by atoms with Gasteiger partial charge in [0.05, 0.1) is 23.1 Å². The van der Waals surface area contributed by atoms with Crippen LogP contribution in [0.4, 0.5) is 0 Å². The van der Waals surface area contributed by atoms with Crippen LogP contribution in [0, 0.1) is 34.5 Å². The number of esters is 1. The number of para-hydroxylation sites is 1. The Balaban J connectivity index is 1.39. The molecule has 1 spiro atoms. The molecule has 2 saturated carbocycles. The lowest BCUT2D eigenvalue weighted by Gasteiger charge is -2.52. The van der Waals surface area contributed by atoms with Crippen LogP contribution in [-0.4, -0.2) is 52.0 Å². The van der Waals surface area contributed by atoms with Gasteiger partial charge in [0.25, 0.3) is 0 Å². The van der Waals surface area contributed by atoms with E-state index in [-0.39, 0.29) is 35.6 Å². The van der Waals surface area contributed by atoms with E-state index in [0.29, 0.717) is 22.6 Å². The fourth-order valence-corrected chi connectivity index (χ4v) is 8.73.